The summed E-state index contributed by atoms with van der Waals surface area (Å²) in [7, 11) is 1.80. The van der Waals surface area contributed by atoms with Gasteiger partial charge in [0.1, 0.15) is 6.07 Å². The lowest BCUT2D eigenvalue weighted by Crippen LogP contribution is -2.29. The number of benzene rings is 3. The SMILES string of the molecule is CNc1ccccc1C#N.O=CN1CCCC1c1cccc(C(=O)Nc2nc3c(s2)CN(Cc2ccccc2)CC3)c1. The van der Waals surface area contributed by atoms with Gasteiger partial charge < -0.3 is 10.2 Å². The van der Waals surface area contributed by atoms with Gasteiger partial charge in [0.25, 0.3) is 5.91 Å². The fourth-order valence-corrected chi connectivity index (χ4v) is 6.45. The molecule has 0 aliphatic carbocycles. The zero-order valence-corrected chi connectivity index (χ0v) is 24.4. The van der Waals surface area contributed by atoms with Crippen molar-refractivity contribution in [3.05, 3.63) is 112 Å². The van der Waals surface area contributed by atoms with Crippen LogP contribution in [0.4, 0.5) is 10.8 Å². The summed E-state index contributed by atoms with van der Waals surface area (Å²) < 4.78 is 0. The lowest BCUT2D eigenvalue weighted by molar-refractivity contribution is -0.118. The smallest absolute Gasteiger partial charge is 0.257 e. The summed E-state index contributed by atoms with van der Waals surface area (Å²) in [4.78, 5) is 34.4. The molecule has 0 spiro atoms. The van der Waals surface area contributed by atoms with Crippen molar-refractivity contribution in [1.29, 1.82) is 5.26 Å². The van der Waals surface area contributed by atoms with E-state index in [-0.39, 0.29) is 11.9 Å². The lowest BCUT2D eigenvalue weighted by Gasteiger charge is -2.25. The predicted molar refractivity (Wildman–Crippen MR) is 166 cm³/mol. The number of hydrogen-bond acceptors (Lipinski definition) is 7. The molecule has 3 aromatic carbocycles. The number of thiazole rings is 1. The number of nitriles is 1. The molecule has 1 fully saturated rings. The minimum absolute atomic E-state index is 0.0584. The van der Waals surface area contributed by atoms with E-state index in [1.165, 1.54) is 10.4 Å². The first-order chi connectivity index (χ1) is 20.6. The molecule has 0 bridgehead atoms. The van der Waals surface area contributed by atoms with Crippen LogP contribution in [0.25, 0.3) is 0 Å². The second-order valence-corrected chi connectivity index (χ2v) is 11.4. The average molecular weight is 579 g/mol. The molecule has 2 aliphatic rings. The maximum absolute atomic E-state index is 12.9. The van der Waals surface area contributed by atoms with Crippen LogP contribution < -0.4 is 10.6 Å². The summed E-state index contributed by atoms with van der Waals surface area (Å²) in [5.41, 5.74) is 5.58. The van der Waals surface area contributed by atoms with Gasteiger partial charge in [0.05, 0.1) is 23.0 Å². The molecule has 3 heterocycles. The van der Waals surface area contributed by atoms with E-state index in [1.54, 1.807) is 24.5 Å². The molecular formula is C33H34N6O2S. The van der Waals surface area contributed by atoms with Crippen LogP contribution in [0.1, 0.15) is 56.5 Å². The van der Waals surface area contributed by atoms with Gasteiger partial charge in [-0.1, -0.05) is 54.6 Å². The molecule has 8 nitrogen and oxygen atoms in total. The highest BCUT2D eigenvalue weighted by Crippen LogP contribution is 2.32. The topological polar surface area (TPSA) is 101 Å². The van der Waals surface area contributed by atoms with Gasteiger partial charge in [0.15, 0.2) is 5.13 Å². The van der Waals surface area contributed by atoms with E-state index >= 15 is 0 Å². The largest absolute Gasteiger partial charge is 0.387 e. The molecule has 42 heavy (non-hydrogen) atoms. The zero-order chi connectivity index (χ0) is 29.3. The number of rotatable bonds is 7. The summed E-state index contributed by atoms with van der Waals surface area (Å²) in [6.45, 7) is 3.52. The normalized spacial score (nSPS) is 16.0. The Morgan fingerprint density at radius 2 is 1.90 bits per heavy atom. The van der Waals surface area contributed by atoms with Gasteiger partial charge in [0.2, 0.25) is 6.41 Å². The predicted octanol–water partition coefficient (Wildman–Crippen LogP) is 5.85. The Morgan fingerprint density at radius 3 is 2.67 bits per heavy atom. The van der Waals surface area contributed by atoms with Crippen molar-refractivity contribution in [2.45, 2.75) is 38.4 Å². The molecule has 214 valence electrons. The standard InChI is InChI=1S/C25H26N4O2S.C8H8N2/c30-17-29-12-5-10-22(29)19-8-4-9-20(14-19)24(31)27-25-26-21-11-13-28(16-23(21)32-25)15-18-6-2-1-3-7-18;1-10-8-5-3-2-4-7(8)6-9/h1-4,6-9,14,17,22H,5,10-13,15-16H2,(H,26,27,31);2-5,10H,1H3. The van der Waals surface area contributed by atoms with Crippen LogP contribution in [0.15, 0.2) is 78.9 Å². The average Bonchev–Trinajstić information content (AvgIpc) is 3.68. The molecule has 2 N–H and O–H groups in total. The Bertz CT molecular complexity index is 1560. The summed E-state index contributed by atoms with van der Waals surface area (Å²) in [6.07, 6.45) is 3.73. The minimum atomic E-state index is -0.158. The second kappa shape index (κ2) is 13.9. The summed E-state index contributed by atoms with van der Waals surface area (Å²) in [5.74, 6) is -0.158. The third-order valence-corrected chi connectivity index (χ3v) is 8.56. The van der Waals surface area contributed by atoms with Gasteiger partial charge in [-0.3, -0.25) is 19.8 Å². The third-order valence-electron chi connectivity index (χ3n) is 7.56. The maximum atomic E-state index is 12.9. The van der Waals surface area contributed by atoms with Crippen molar-refractivity contribution in [3.63, 3.8) is 0 Å². The number of nitrogens with zero attached hydrogens (tertiary/aromatic N) is 4. The fourth-order valence-electron chi connectivity index (χ4n) is 5.41. The van der Waals surface area contributed by atoms with E-state index in [1.807, 2.05) is 53.4 Å². The molecule has 1 aromatic heterocycles. The molecule has 2 amide bonds. The minimum Gasteiger partial charge on any atom is -0.387 e. The first-order valence-electron chi connectivity index (χ1n) is 14.1. The van der Waals surface area contributed by atoms with Crippen LogP contribution in [0.3, 0.4) is 0 Å². The van der Waals surface area contributed by atoms with Crippen LogP contribution in [-0.4, -0.2) is 47.2 Å². The van der Waals surface area contributed by atoms with Gasteiger partial charge in [-0.05, 0) is 48.2 Å². The summed E-state index contributed by atoms with van der Waals surface area (Å²) in [5, 5.41) is 15.1. The van der Waals surface area contributed by atoms with Crippen molar-refractivity contribution < 1.29 is 9.59 Å². The molecule has 0 radical (unpaired) electrons. The molecule has 6 rings (SSSR count). The number of hydrogen-bond donors (Lipinski definition) is 2. The zero-order valence-electron chi connectivity index (χ0n) is 23.6. The monoisotopic (exact) mass is 578 g/mol. The maximum Gasteiger partial charge on any atom is 0.257 e. The van der Waals surface area contributed by atoms with Crippen LogP contribution in [-0.2, 0) is 24.3 Å². The Labute approximate surface area is 250 Å². The Balaban J connectivity index is 0.000000300. The van der Waals surface area contributed by atoms with Crippen molar-refractivity contribution in [1.82, 2.24) is 14.8 Å². The number of aromatic nitrogens is 1. The first-order valence-corrected chi connectivity index (χ1v) is 14.9. The Hall–Kier alpha value is -4.52. The van der Waals surface area contributed by atoms with Crippen LogP contribution in [0.2, 0.25) is 0 Å². The first kappa shape index (κ1) is 29.0. The molecule has 1 unspecified atom stereocenters. The molecule has 4 aromatic rings. The highest BCUT2D eigenvalue weighted by atomic mass is 32.1. The number of nitrogens with one attached hydrogen (secondary N) is 2. The fraction of sp³-hybridized carbons (Fsp3) is 0.273. The number of carbonyl (C=O) groups excluding carboxylic acids is 2. The van der Waals surface area contributed by atoms with Gasteiger partial charge in [-0.25, -0.2) is 4.98 Å². The number of fused-ring (bicyclic) bond motifs is 1. The van der Waals surface area contributed by atoms with E-state index in [9.17, 15) is 9.59 Å². The molecule has 0 saturated carbocycles. The van der Waals surface area contributed by atoms with Crippen molar-refractivity contribution >= 4 is 34.5 Å². The van der Waals surface area contributed by atoms with Crippen LogP contribution in [0, 0.1) is 11.3 Å². The Kier molecular flexibility index (Phi) is 9.59. The van der Waals surface area contributed by atoms with Gasteiger partial charge in [0, 0.05) is 50.1 Å². The van der Waals surface area contributed by atoms with Gasteiger partial charge in [-0.15, -0.1) is 11.3 Å². The van der Waals surface area contributed by atoms with Crippen molar-refractivity contribution in [2.24, 2.45) is 0 Å². The summed E-state index contributed by atoms with van der Waals surface area (Å²) in [6, 6.07) is 27.6. The van der Waals surface area contributed by atoms with E-state index in [0.29, 0.717) is 16.3 Å². The molecule has 1 saturated heterocycles. The summed E-state index contributed by atoms with van der Waals surface area (Å²) >= 11 is 1.57. The van der Waals surface area contributed by atoms with Crippen molar-refractivity contribution in [2.75, 3.05) is 30.8 Å². The van der Waals surface area contributed by atoms with Crippen molar-refractivity contribution in [3.8, 4) is 6.07 Å². The van der Waals surface area contributed by atoms with E-state index in [0.717, 1.165) is 68.8 Å². The quantitative estimate of drug-likeness (QED) is 0.267. The van der Waals surface area contributed by atoms with E-state index < -0.39 is 0 Å². The third kappa shape index (κ3) is 7.03. The lowest BCUT2D eigenvalue weighted by atomic mass is 10.0. The molecular weight excluding hydrogens is 544 g/mol. The number of likely N-dealkylation sites (tertiary alicyclic amines) is 1. The molecule has 9 heteroatoms. The van der Waals surface area contributed by atoms with Crippen LogP contribution >= 0.6 is 11.3 Å². The van der Waals surface area contributed by atoms with Gasteiger partial charge in [-0.2, -0.15) is 5.26 Å². The molecule has 1 atom stereocenters. The molecule has 2 aliphatic heterocycles. The van der Waals surface area contributed by atoms with Gasteiger partial charge >= 0.3 is 0 Å². The van der Waals surface area contributed by atoms with Crippen LogP contribution in [0.5, 0.6) is 0 Å². The number of carbonyl (C=O) groups is 2. The second-order valence-electron chi connectivity index (χ2n) is 10.3. The van der Waals surface area contributed by atoms with E-state index in [2.05, 4.69) is 50.9 Å². The Morgan fingerprint density at radius 1 is 1.10 bits per heavy atom. The van der Waals surface area contributed by atoms with E-state index in [4.69, 9.17) is 5.26 Å². The highest BCUT2D eigenvalue weighted by molar-refractivity contribution is 7.15. The number of para-hydroxylation sites is 1. The number of anilines is 2. The number of amides is 2. The highest BCUT2D eigenvalue weighted by Gasteiger charge is 2.26.